The summed E-state index contributed by atoms with van der Waals surface area (Å²) < 4.78 is 0. The van der Waals surface area contributed by atoms with E-state index >= 15 is 0 Å². The zero-order valence-corrected chi connectivity index (χ0v) is 11.0. The first kappa shape index (κ1) is 12.7. The molecule has 0 atom stereocenters. The van der Waals surface area contributed by atoms with Crippen molar-refractivity contribution in [3.05, 3.63) is 29.5 Å². The third-order valence-corrected chi connectivity index (χ3v) is 3.37. The largest absolute Gasteiger partial charge is 0.493 e. The Labute approximate surface area is 108 Å². The van der Waals surface area contributed by atoms with Gasteiger partial charge in [-0.2, -0.15) is 0 Å². The topological polar surface area (TPSA) is 59.1 Å². The number of fused-ring (bicyclic) bond motifs is 1. The molecule has 3 nitrogen and oxygen atoms in total. The third-order valence-electron chi connectivity index (χ3n) is 3.37. The van der Waals surface area contributed by atoms with E-state index in [0.29, 0.717) is 11.4 Å². The fourth-order valence-corrected chi connectivity index (χ4v) is 2.34. The quantitative estimate of drug-likeness (QED) is 0.808. The van der Waals surface area contributed by atoms with E-state index in [-0.39, 0.29) is 5.88 Å². The molecule has 0 unspecified atom stereocenters. The van der Waals surface area contributed by atoms with Crippen molar-refractivity contribution < 1.29 is 5.11 Å². The summed E-state index contributed by atoms with van der Waals surface area (Å²) in [6, 6.07) is 5.92. The monoisotopic (exact) mass is 244 g/mol. The maximum atomic E-state index is 9.91. The van der Waals surface area contributed by atoms with Crippen LogP contribution in [-0.2, 0) is 6.42 Å². The molecule has 1 aromatic heterocycles. The van der Waals surface area contributed by atoms with Gasteiger partial charge < -0.3 is 10.8 Å². The summed E-state index contributed by atoms with van der Waals surface area (Å²) in [7, 11) is 0. The Bertz CT molecular complexity index is 564. The van der Waals surface area contributed by atoms with Crippen LogP contribution in [0.25, 0.3) is 10.8 Å². The molecule has 3 N–H and O–H groups in total. The number of anilines is 1. The maximum absolute atomic E-state index is 9.91. The molecule has 0 radical (unpaired) electrons. The Morgan fingerprint density at radius 1 is 1.28 bits per heavy atom. The first-order chi connectivity index (χ1) is 8.65. The van der Waals surface area contributed by atoms with Crippen LogP contribution in [0.4, 0.5) is 5.69 Å². The van der Waals surface area contributed by atoms with Crippen LogP contribution in [0.3, 0.4) is 0 Å². The highest BCUT2D eigenvalue weighted by molar-refractivity contribution is 5.99. The Kier molecular flexibility index (Phi) is 3.70. The molecule has 1 aromatic carbocycles. The van der Waals surface area contributed by atoms with Gasteiger partial charge in [0.1, 0.15) is 0 Å². The number of nitrogen functional groups attached to an aromatic ring is 1. The van der Waals surface area contributed by atoms with E-state index in [1.807, 2.05) is 19.1 Å². The molecular weight excluding hydrogens is 224 g/mol. The molecule has 96 valence electrons. The van der Waals surface area contributed by atoms with E-state index in [4.69, 9.17) is 5.73 Å². The highest BCUT2D eigenvalue weighted by Gasteiger charge is 2.11. The number of aryl methyl sites for hydroxylation is 2. The summed E-state index contributed by atoms with van der Waals surface area (Å²) in [4.78, 5) is 4.07. The second-order valence-corrected chi connectivity index (χ2v) is 4.73. The van der Waals surface area contributed by atoms with Crippen LogP contribution < -0.4 is 5.73 Å². The lowest BCUT2D eigenvalue weighted by molar-refractivity contribution is 0.459. The fraction of sp³-hybridized carbons (Fsp3) is 0.400. The second-order valence-electron chi connectivity index (χ2n) is 4.73. The first-order valence-electron chi connectivity index (χ1n) is 6.51. The number of pyridine rings is 1. The van der Waals surface area contributed by atoms with Gasteiger partial charge in [-0.3, -0.25) is 0 Å². The fourth-order valence-electron chi connectivity index (χ4n) is 2.34. The lowest BCUT2D eigenvalue weighted by Crippen LogP contribution is -1.98. The van der Waals surface area contributed by atoms with E-state index in [0.717, 1.165) is 23.6 Å². The molecule has 0 spiro atoms. The minimum atomic E-state index is 0.0778. The Balaban J connectivity index is 2.53. The molecule has 0 amide bonds. The Morgan fingerprint density at radius 2 is 2.06 bits per heavy atom. The molecule has 0 bridgehead atoms. The number of benzene rings is 1. The summed E-state index contributed by atoms with van der Waals surface area (Å²) in [6.07, 6.45) is 4.56. The average molecular weight is 244 g/mol. The van der Waals surface area contributed by atoms with Crippen molar-refractivity contribution in [2.75, 3.05) is 5.73 Å². The standard InChI is InChI=1S/C15H20N2O/c1-3-4-5-7-11-8-6-9-12-13(11)14(16)10(2)17-15(12)18/h6,8-9H,3-5,7,16H2,1-2H3,(H,17,18). The van der Waals surface area contributed by atoms with Crippen molar-refractivity contribution in [1.82, 2.24) is 4.98 Å². The normalized spacial score (nSPS) is 11.0. The molecule has 18 heavy (non-hydrogen) atoms. The molecule has 0 fully saturated rings. The highest BCUT2D eigenvalue weighted by atomic mass is 16.3. The summed E-state index contributed by atoms with van der Waals surface area (Å²) in [6.45, 7) is 4.02. The summed E-state index contributed by atoms with van der Waals surface area (Å²) in [5, 5.41) is 11.6. The van der Waals surface area contributed by atoms with Crippen molar-refractivity contribution >= 4 is 16.5 Å². The molecule has 0 aliphatic carbocycles. The summed E-state index contributed by atoms with van der Waals surface area (Å²) >= 11 is 0. The Morgan fingerprint density at radius 3 is 2.78 bits per heavy atom. The highest BCUT2D eigenvalue weighted by Crippen LogP contribution is 2.32. The zero-order chi connectivity index (χ0) is 13.1. The Hall–Kier alpha value is -1.77. The van der Waals surface area contributed by atoms with Crippen molar-refractivity contribution in [2.24, 2.45) is 0 Å². The molecule has 0 saturated carbocycles. The summed E-state index contributed by atoms with van der Waals surface area (Å²) in [5.41, 5.74) is 8.71. The molecule has 1 heterocycles. The van der Waals surface area contributed by atoms with E-state index in [9.17, 15) is 5.11 Å². The van der Waals surface area contributed by atoms with Gasteiger partial charge in [0.05, 0.1) is 11.4 Å². The second kappa shape index (κ2) is 5.25. The molecule has 2 aromatic rings. The van der Waals surface area contributed by atoms with Gasteiger partial charge in [0.25, 0.3) is 0 Å². The number of aromatic hydroxyl groups is 1. The van der Waals surface area contributed by atoms with Crippen LogP contribution in [-0.4, -0.2) is 10.1 Å². The number of rotatable bonds is 4. The number of hydrogen-bond donors (Lipinski definition) is 2. The van der Waals surface area contributed by atoms with Gasteiger partial charge in [0.15, 0.2) is 0 Å². The first-order valence-corrected chi connectivity index (χ1v) is 6.51. The van der Waals surface area contributed by atoms with Gasteiger partial charge in [0.2, 0.25) is 5.88 Å². The number of nitrogens with zero attached hydrogens (tertiary/aromatic N) is 1. The number of aromatic nitrogens is 1. The molecule has 2 rings (SSSR count). The van der Waals surface area contributed by atoms with Gasteiger partial charge in [0, 0.05) is 10.8 Å². The molecule has 3 heteroatoms. The molecule has 0 aliphatic heterocycles. The van der Waals surface area contributed by atoms with Crippen LogP contribution in [0.15, 0.2) is 18.2 Å². The lowest BCUT2D eigenvalue weighted by atomic mass is 9.98. The molecule has 0 aliphatic rings. The van der Waals surface area contributed by atoms with Gasteiger partial charge in [-0.25, -0.2) is 4.98 Å². The van der Waals surface area contributed by atoms with Crippen molar-refractivity contribution in [2.45, 2.75) is 39.5 Å². The van der Waals surface area contributed by atoms with Crippen LogP contribution in [0.1, 0.15) is 37.4 Å². The predicted octanol–water partition coefficient (Wildman–Crippen LogP) is 3.56. The van der Waals surface area contributed by atoms with Gasteiger partial charge in [-0.1, -0.05) is 31.9 Å². The van der Waals surface area contributed by atoms with Gasteiger partial charge in [-0.15, -0.1) is 0 Å². The predicted molar refractivity (Wildman–Crippen MR) is 75.8 cm³/mol. The van der Waals surface area contributed by atoms with Crippen molar-refractivity contribution in [3.63, 3.8) is 0 Å². The van der Waals surface area contributed by atoms with Crippen molar-refractivity contribution in [1.29, 1.82) is 0 Å². The third kappa shape index (κ3) is 2.26. The number of nitrogens with two attached hydrogens (primary N) is 1. The minimum Gasteiger partial charge on any atom is -0.493 e. The lowest BCUT2D eigenvalue weighted by Gasteiger charge is -2.11. The average Bonchev–Trinajstić information content (AvgIpc) is 2.36. The van der Waals surface area contributed by atoms with Crippen LogP contribution >= 0.6 is 0 Å². The van der Waals surface area contributed by atoms with Crippen molar-refractivity contribution in [3.8, 4) is 5.88 Å². The van der Waals surface area contributed by atoms with E-state index in [2.05, 4.69) is 18.0 Å². The van der Waals surface area contributed by atoms with E-state index < -0.39 is 0 Å². The SMILES string of the molecule is CCCCCc1cccc2c(O)nc(C)c(N)c12. The zero-order valence-electron chi connectivity index (χ0n) is 11.0. The van der Waals surface area contributed by atoms with Crippen LogP contribution in [0, 0.1) is 6.92 Å². The number of hydrogen-bond acceptors (Lipinski definition) is 3. The van der Waals surface area contributed by atoms with E-state index in [1.165, 1.54) is 18.4 Å². The number of unbranched alkanes of at least 4 members (excludes halogenated alkanes) is 2. The van der Waals surface area contributed by atoms with E-state index in [1.54, 1.807) is 0 Å². The van der Waals surface area contributed by atoms with Gasteiger partial charge >= 0.3 is 0 Å². The van der Waals surface area contributed by atoms with Gasteiger partial charge in [-0.05, 0) is 31.4 Å². The molecule has 0 saturated heterocycles. The maximum Gasteiger partial charge on any atom is 0.219 e. The van der Waals surface area contributed by atoms with Crippen LogP contribution in [0.2, 0.25) is 0 Å². The summed E-state index contributed by atoms with van der Waals surface area (Å²) in [5.74, 6) is 0.0778. The smallest absolute Gasteiger partial charge is 0.219 e. The van der Waals surface area contributed by atoms with Crippen LogP contribution in [0.5, 0.6) is 5.88 Å². The molecular formula is C15H20N2O. The minimum absolute atomic E-state index is 0.0778.